The maximum absolute atomic E-state index is 13.1. The zero-order chi connectivity index (χ0) is 40.8. The van der Waals surface area contributed by atoms with Crippen LogP contribution in [0.15, 0.2) is 0 Å². The zero-order valence-electron chi connectivity index (χ0n) is 33.0. The average molecular weight is 850 g/mol. The molecule has 4 fully saturated rings. The number of amides is 3. The fourth-order valence-corrected chi connectivity index (χ4v) is 9.48. The number of nitrogens with one attached hydrogen (secondary N) is 2. The summed E-state index contributed by atoms with van der Waals surface area (Å²) in [6.07, 6.45) is 3.41. The average Bonchev–Trinajstić information content (AvgIpc) is 3.61. The van der Waals surface area contributed by atoms with Crippen LogP contribution < -0.4 is 10.6 Å². The van der Waals surface area contributed by atoms with E-state index in [0.29, 0.717) is 97.6 Å². The molecule has 4 N–H and O–H groups in total. The number of likely N-dealkylation sites (tertiary alicyclic amines) is 1. The van der Waals surface area contributed by atoms with Crippen molar-refractivity contribution in [2.45, 2.75) is 77.7 Å². The molecule has 5 atom stereocenters. The first-order chi connectivity index (χ1) is 26.7. The van der Waals surface area contributed by atoms with Crippen molar-refractivity contribution in [3.8, 4) is 0 Å². The Morgan fingerprint density at radius 3 is 1.84 bits per heavy atom. The Kier molecular flexibility index (Phi) is 18.6. The van der Waals surface area contributed by atoms with Crippen LogP contribution >= 0.6 is 0 Å². The van der Waals surface area contributed by atoms with Gasteiger partial charge in [-0.1, -0.05) is 20.3 Å². The molecule has 21 heteroatoms. The number of rotatable bonds is 15. The van der Waals surface area contributed by atoms with Gasteiger partial charge in [0.1, 0.15) is 11.8 Å². The van der Waals surface area contributed by atoms with E-state index in [0.717, 1.165) is 0 Å². The standard InChI is InChI=1S/C35H62BN7O12.Ga/c1-25(2)28(34(52)38-26(3)35(53)43-11-7-9-29(43)36(54)55)20-27(44)8-5-4-6-10-37-30(45)21-39-12-14-40(22-31(46)47)16-18-42(24-33(50)51)19-17-41(15-13-39)23-32(48)49;/h25-26,28-29,54-55H,4-24H2,1-3H3,(H,37,45)(H,38,52)(H,46,47)(H,48,49)(H,50,51);/q;+3/p-3/t26-,28+,29+;/m1./s1. The maximum Gasteiger partial charge on any atom is 0.475 e. The third-order valence-electron chi connectivity index (χ3n) is 10.7. The van der Waals surface area contributed by atoms with Gasteiger partial charge >= 0.3 is 194 Å². The summed E-state index contributed by atoms with van der Waals surface area (Å²) in [5, 5.41) is 24.9. The Bertz CT molecular complexity index is 1360. The molecule has 0 saturated carbocycles. The van der Waals surface area contributed by atoms with Crippen molar-refractivity contribution in [1.82, 2.24) is 35.1 Å². The van der Waals surface area contributed by atoms with Gasteiger partial charge in [0.05, 0.1) is 5.94 Å². The largest absolute Gasteiger partial charge is 0.475 e. The van der Waals surface area contributed by atoms with E-state index in [1.54, 1.807) is 6.92 Å². The van der Waals surface area contributed by atoms with Gasteiger partial charge in [-0.25, -0.2) is 0 Å². The van der Waals surface area contributed by atoms with Crippen LogP contribution in [0.5, 0.6) is 0 Å². The quantitative estimate of drug-likeness (QED) is 0.0969. The SMILES string of the molecule is CC(C)[C@H](CC(=O)CCCCCNC(=O)CN1CCN2CCN3CCN(CC1)CC(=O)[O][Ga]([O]C(=O)C2)[O]C(=O)C3)C(=O)N[C@H](C)C(=O)N1CCC[C@H]1B(O)O. The van der Waals surface area contributed by atoms with Gasteiger partial charge < -0.3 is 20.3 Å². The second-order valence-electron chi connectivity index (χ2n) is 15.5. The van der Waals surface area contributed by atoms with Crippen LogP contribution in [0.3, 0.4) is 0 Å². The third kappa shape index (κ3) is 15.0. The van der Waals surface area contributed by atoms with Crippen LogP contribution in [-0.2, 0) is 44.1 Å². The van der Waals surface area contributed by atoms with Crippen LogP contribution in [0.2, 0.25) is 0 Å². The van der Waals surface area contributed by atoms with E-state index >= 15 is 0 Å². The summed E-state index contributed by atoms with van der Waals surface area (Å²) in [4.78, 5) is 99.2. The van der Waals surface area contributed by atoms with Gasteiger partial charge in [-0.3, -0.25) is 14.4 Å². The van der Waals surface area contributed by atoms with Crippen molar-refractivity contribution < 1.29 is 54.2 Å². The number of fused-ring (bicyclic) bond motifs is 7. The maximum atomic E-state index is 13.1. The fraction of sp³-hybridized carbons (Fsp3) is 0.800. The summed E-state index contributed by atoms with van der Waals surface area (Å²) in [5.74, 6) is -4.26. The molecule has 4 bridgehead atoms. The monoisotopic (exact) mass is 849 g/mol. The van der Waals surface area contributed by atoms with Crippen molar-refractivity contribution in [2.75, 3.05) is 91.6 Å². The number of unbranched alkanes of at least 4 members (excludes halogenated alkanes) is 2. The Morgan fingerprint density at radius 1 is 0.786 bits per heavy atom. The first-order valence-electron chi connectivity index (χ1n) is 19.9. The van der Waals surface area contributed by atoms with E-state index in [4.69, 9.17) is 10.6 Å². The molecular weight excluding hydrogens is 791 g/mol. The summed E-state index contributed by atoms with van der Waals surface area (Å²) in [7, 11) is -1.65. The molecule has 4 aliphatic rings. The molecule has 0 aliphatic carbocycles. The summed E-state index contributed by atoms with van der Waals surface area (Å²) in [6, 6.07) is -0.870. The minimum Gasteiger partial charge on any atom is -0.426 e. The summed E-state index contributed by atoms with van der Waals surface area (Å²) < 4.78 is 16.1. The molecule has 4 aliphatic heterocycles. The number of ketones is 1. The summed E-state index contributed by atoms with van der Waals surface area (Å²) in [5.41, 5.74) is 0. The fourth-order valence-electron chi connectivity index (χ4n) is 7.36. The molecule has 4 heterocycles. The molecule has 0 spiro atoms. The van der Waals surface area contributed by atoms with E-state index in [2.05, 4.69) is 10.6 Å². The second kappa shape index (κ2) is 22.8. The van der Waals surface area contributed by atoms with Gasteiger partial charge in [0, 0.05) is 25.3 Å². The number of carbonyl (C=O) groups is 7. The van der Waals surface area contributed by atoms with Gasteiger partial charge in [0.15, 0.2) is 0 Å². The van der Waals surface area contributed by atoms with Crippen LogP contribution in [0.4, 0.5) is 0 Å². The molecule has 2 unspecified atom stereocenters. The normalized spacial score (nSPS) is 25.1. The number of carbonyl (C=O) groups excluding carboxylic acids is 7. The molecule has 4 rings (SSSR count). The van der Waals surface area contributed by atoms with Crippen LogP contribution in [0.25, 0.3) is 0 Å². The predicted octanol–water partition coefficient (Wildman–Crippen LogP) is -2.73. The molecule has 0 aromatic carbocycles. The minimum atomic E-state index is -3.94. The van der Waals surface area contributed by atoms with E-state index in [1.807, 2.05) is 33.4 Å². The van der Waals surface area contributed by atoms with Crippen LogP contribution in [0, 0.1) is 11.8 Å². The third-order valence-corrected chi connectivity index (χ3v) is 13.6. The number of hydrogen-bond donors (Lipinski definition) is 4. The molecule has 56 heavy (non-hydrogen) atoms. The van der Waals surface area contributed by atoms with E-state index < -0.39 is 60.2 Å². The van der Waals surface area contributed by atoms with Gasteiger partial charge in [-0.15, -0.1) is 0 Å². The van der Waals surface area contributed by atoms with Gasteiger partial charge in [0.25, 0.3) is 0 Å². The molecule has 312 valence electrons. The van der Waals surface area contributed by atoms with Crippen molar-refractivity contribution in [3.05, 3.63) is 0 Å². The molecule has 3 amide bonds. The number of hydrogen-bond acceptors (Lipinski definition) is 16. The topological polar surface area (TPSA) is 228 Å². The molecule has 19 nitrogen and oxygen atoms in total. The molecule has 0 radical (unpaired) electrons. The van der Waals surface area contributed by atoms with E-state index in [-0.39, 0.29) is 68.4 Å². The molecule has 4 saturated heterocycles. The second-order valence-corrected chi connectivity index (χ2v) is 18.2. The van der Waals surface area contributed by atoms with E-state index in [9.17, 15) is 43.6 Å². The van der Waals surface area contributed by atoms with Crippen molar-refractivity contribution in [1.29, 1.82) is 0 Å². The molecule has 0 aromatic heterocycles. The van der Waals surface area contributed by atoms with Crippen molar-refractivity contribution in [2.24, 2.45) is 11.8 Å². The molecular formula is C35H59BGaN7O12. The smallest absolute Gasteiger partial charge is 0.426 e. The summed E-state index contributed by atoms with van der Waals surface area (Å²) in [6.45, 7) is 9.97. The Hall–Kier alpha value is -3.05. The summed E-state index contributed by atoms with van der Waals surface area (Å²) >= 11 is -3.94. The Morgan fingerprint density at radius 2 is 1.32 bits per heavy atom. The van der Waals surface area contributed by atoms with Gasteiger partial charge in [-0.05, 0) is 32.1 Å². The van der Waals surface area contributed by atoms with E-state index in [1.165, 1.54) is 4.90 Å². The van der Waals surface area contributed by atoms with Crippen molar-refractivity contribution in [3.63, 3.8) is 0 Å². The van der Waals surface area contributed by atoms with Crippen LogP contribution in [0.1, 0.15) is 65.7 Å². The number of nitrogens with zero attached hydrogens (tertiary/aromatic N) is 5. The Labute approximate surface area is 335 Å². The van der Waals surface area contributed by atoms with Gasteiger partial charge in [-0.2, -0.15) is 0 Å². The first kappa shape index (κ1) is 45.7. The Balaban J connectivity index is 1.20. The van der Waals surface area contributed by atoms with Crippen LogP contribution in [-0.4, -0.2) is 204 Å². The zero-order valence-corrected chi connectivity index (χ0v) is 35.4. The predicted molar refractivity (Wildman–Crippen MR) is 202 cm³/mol. The molecule has 0 aromatic rings. The number of Topliss-reactive ketones (excluding diaryl/α,β-unsaturated/α-hetero) is 1. The minimum absolute atomic E-state index is 0.00308. The van der Waals surface area contributed by atoms with Crippen molar-refractivity contribution >= 4 is 65.8 Å². The first-order valence-corrected chi connectivity index (χ1v) is 22.9. The van der Waals surface area contributed by atoms with Gasteiger partial charge in [0.2, 0.25) is 11.8 Å².